The number of amides is 1. The second-order valence-electron chi connectivity index (χ2n) is 4.36. The molecule has 4 heteroatoms. The van der Waals surface area contributed by atoms with Crippen LogP contribution in [0.1, 0.15) is 12.0 Å². The molecule has 0 aromatic heterocycles. The molecule has 1 saturated heterocycles. The van der Waals surface area contributed by atoms with Crippen molar-refractivity contribution in [3.05, 3.63) is 29.8 Å². The van der Waals surface area contributed by atoms with Gasteiger partial charge in [0.05, 0.1) is 6.54 Å². The Morgan fingerprint density at radius 2 is 2.41 bits per heavy atom. The Balaban J connectivity index is 1.76. The topological polar surface area (TPSA) is 41.1 Å². The van der Waals surface area contributed by atoms with E-state index in [2.05, 4.69) is 10.6 Å². The van der Waals surface area contributed by atoms with Gasteiger partial charge >= 0.3 is 0 Å². The molecule has 2 rings (SSSR count). The number of aryl methyl sites for hydroxylation is 1. The fraction of sp³-hybridized carbons (Fsp3) is 0.462. The van der Waals surface area contributed by atoms with Gasteiger partial charge in [0.2, 0.25) is 5.91 Å². The Hall–Kier alpha value is -1.00. The quantitative estimate of drug-likeness (QED) is 0.859. The van der Waals surface area contributed by atoms with Gasteiger partial charge in [-0.1, -0.05) is 12.1 Å². The van der Waals surface area contributed by atoms with E-state index in [1.54, 1.807) is 0 Å². The van der Waals surface area contributed by atoms with Gasteiger partial charge in [0.1, 0.15) is 0 Å². The van der Waals surface area contributed by atoms with E-state index < -0.39 is 0 Å². The number of rotatable bonds is 4. The summed E-state index contributed by atoms with van der Waals surface area (Å²) < 4.78 is 0. The van der Waals surface area contributed by atoms with Crippen molar-refractivity contribution < 1.29 is 4.79 Å². The minimum Gasteiger partial charge on any atom is -0.325 e. The predicted octanol–water partition coefficient (Wildman–Crippen LogP) is 2.03. The van der Waals surface area contributed by atoms with Crippen LogP contribution in [0.3, 0.4) is 0 Å². The van der Waals surface area contributed by atoms with E-state index in [9.17, 15) is 4.79 Å². The van der Waals surface area contributed by atoms with E-state index in [0.717, 1.165) is 17.0 Å². The van der Waals surface area contributed by atoms with Gasteiger partial charge < -0.3 is 10.6 Å². The van der Waals surface area contributed by atoms with Gasteiger partial charge in [-0.05, 0) is 36.8 Å². The molecule has 0 radical (unpaired) electrons. The lowest BCUT2D eigenvalue weighted by Gasteiger charge is -2.11. The Kier molecular flexibility index (Phi) is 4.45. The molecule has 1 fully saturated rings. The average Bonchev–Trinajstić information content (AvgIpc) is 2.79. The molecule has 3 nitrogen and oxygen atoms in total. The molecule has 1 atom stereocenters. The Labute approximate surface area is 106 Å². The van der Waals surface area contributed by atoms with Crippen molar-refractivity contribution in [2.75, 3.05) is 23.4 Å². The van der Waals surface area contributed by atoms with Crippen LogP contribution in [0.2, 0.25) is 0 Å². The summed E-state index contributed by atoms with van der Waals surface area (Å²) in [4.78, 5) is 11.7. The zero-order valence-electron chi connectivity index (χ0n) is 10.0. The third-order valence-corrected chi connectivity index (χ3v) is 3.95. The normalized spacial score (nSPS) is 19.2. The molecule has 0 saturated carbocycles. The monoisotopic (exact) mass is 250 g/mol. The minimum absolute atomic E-state index is 0.0347. The Bertz CT molecular complexity index is 389. The molecule has 1 aliphatic heterocycles. The first-order valence-corrected chi connectivity index (χ1v) is 7.07. The van der Waals surface area contributed by atoms with Crippen LogP contribution < -0.4 is 10.6 Å². The first-order chi connectivity index (χ1) is 8.24. The first kappa shape index (κ1) is 12.5. The van der Waals surface area contributed by atoms with E-state index in [-0.39, 0.29) is 5.91 Å². The van der Waals surface area contributed by atoms with Crippen molar-refractivity contribution in [3.8, 4) is 0 Å². The predicted molar refractivity (Wildman–Crippen MR) is 73.5 cm³/mol. The summed E-state index contributed by atoms with van der Waals surface area (Å²) >= 11 is 1.95. The number of hydrogen-bond acceptors (Lipinski definition) is 3. The number of anilines is 1. The molecule has 0 aliphatic carbocycles. The zero-order chi connectivity index (χ0) is 12.1. The molecule has 0 spiro atoms. The summed E-state index contributed by atoms with van der Waals surface area (Å²) in [6, 6.07) is 8.36. The maximum absolute atomic E-state index is 11.7. The molecule has 92 valence electrons. The number of carbonyl (C=O) groups is 1. The SMILES string of the molecule is Cc1cccc(NC(=O)CNC2CCSC2)c1. The number of benzene rings is 1. The third kappa shape index (κ3) is 4.06. The van der Waals surface area contributed by atoms with Gasteiger partial charge in [0, 0.05) is 17.5 Å². The standard InChI is InChI=1S/C13H18N2OS/c1-10-3-2-4-11(7-10)15-13(16)8-14-12-5-6-17-9-12/h2-4,7,12,14H,5-6,8-9H2,1H3,(H,15,16). The van der Waals surface area contributed by atoms with Crippen molar-refractivity contribution in [1.29, 1.82) is 0 Å². The molecule has 1 heterocycles. The molecule has 1 aliphatic rings. The van der Waals surface area contributed by atoms with Gasteiger partial charge in [0.15, 0.2) is 0 Å². The van der Waals surface area contributed by atoms with Crippen molar-refractivity contribution in [2.24, 2.45) is 0 Å². The van der Waals surface area contributed by atoms with E-state index in [0.29, 0.717) is 12.6 Å². The summed E-state index contributed by atoms with van der Waals surface area (Å²) in [7, 11) is 0. The number of nitrogens with one attached hydrogen (secondary N) is 2. The number of carbonyl (C=O) groups excluding carboxylic acids is 1. The van der Waals surface area contributed by atoms with Crippen LogP contribution in [0.5, 0.6) is 0 Å². The number of hydrogen-bond donors (Lipinski definition) is 2. The van der Waals surface area contributed by atoms with Crippen LogP contribution in [-0.2, 0) is 4.79 Å². The van der Waals surface area contributed by atoms with Crippen molar-refractivity contribution in [3.63, 3.8) is 0 Å². The lowest BCUT2D eigenvalue weighted by molar-refractivity contribution is -0.115. The molecule has 1 aromatic rings. The fourth-order valence-corrected chi connectivity index (χ4v) is 3.05. The molecule has 2 N–H and O–H groups in total. The minimum atomic E-state index is 0.0347. The van der Waals surface area contributed by atoms with Gasteiger partial charge in [-0.25, -0.2) is 0 Å². The van der Waals surface area contributed by atoms with Crippen molar-refractivity contribution >= 4 is 23.4 Å². The molecule has 1 aromatic carbocycles. The molecule has 0 bridgehead atoms. The molecule has 1 unspecified atom stereocenters. The second kappa shape index (κ2) is 6.07. The van der Waals surface area contributed by atoms with Crippen LogP contribution in [0, 0.1) is 6.92 Å². The summed E-state index contributed by atoms with van der Waals surface area (Å²) in [5.74, 6) is 2.36. The zero-order valence-corrected chi connectivity index (χ0v) is 10.8. The van der Waals surface area contributed by atoms with Crippen LogP contribution in [0.15, 0.2) is 24.3 Å². The molecular formula is C13H18N2OS. The average molecular weight is 250 g/mol. The lowest BCUT2D eigenvalue weighted by atomic mass is 10.2. The summed E-state index contributed by atoms with van der Waals surface area (Å²) in [5, 5.41) is 6.18. The van der Waals surface area contributed by atoms with Crippen molar-refractivity contribution in [2.45, 2.75) is 19.4 Å². The van der Waals surface area contributed by atoms with Gasteiger partial charge in [-0.3, -0.25) is 4.79 Å². The van der Waals surface area contributed by atoms with Crippen LogP contribution in [-0.4, -0.2) is 30.0 Å². The van der Waals surface area contributed by atoms with E-state index in [1.807, 2.05) is 43.0 Å². The third-order valence-electron chi connectivity index (χ3n) is 2.78. The highest BCUT2D eigenvalue weighted by atomic mass is 32.2. The smallest absolute Gasteiger partial charge is 0.238 e. The maximum Gasteiger partial charge on any atom is 0.238 e. The molecule has 1 amide bonds. The Morgan fingerprint density at radius 1 is 1.53 bits per heavy atom. The van der Waals surface area contributed by atoms with Crippen LogP contribution >= 0.6 is 11.8 Å². The van der Waals surface area contributed by atoms with E-state index in [4.69, 9.17) is 0 Å². The summed E-state index contributed by atoms with van der Waals surface area (Å²) in [6.45, 7) is 2.42. The fourth-order valence-electron chi connectivity index (χ4n) is 1.86. The highest BCUT2D eigenvalue weighted by Gasteiger charge is 2.15. The summed E-state index contributed by atoms with van der Waals surface area (Å²) in [6.07, 6.45) is 1.17. The lowest BCUT2D eigenvalue weighted by Crippen LogP contribution is -2.36. The largest absolute Gasteiger partial charge is 0.325 e. The van der Waals surface area contributed by atoms with Gasteiger partial charge in [-0.15, -0.1) is 0 Å². The second-order valence-corrected chi connectivity index (χ2v) is 5.51. The first-order valence-electron chi connectivity index (χ1n) is 5.92. The number of thioether (sulfide) groups is 1. The highest BCUT2D eigenvalue weighted by Crippen LogP contribution is 2.16. The van der Waals surface area contributed by atoms with Crippen molar-refractivity contribution in [1.82, 2.24) is 5.32 Å². The van der Waals surface area contributed by atoms with E-state index in [1.165, 1.54) is 12.2 Å². The Morgan fingerprint density at radius 3 is 3.12 bits per heavy atom. The van der Waals surface area contributed by atoms with E-state index >= 15 is 0 Å². The van der Waals surface area contributed by atoms with Gasteiger partial charge in [-0.2, -0.15) is 11.8 Å². The van der Waals surface area contributed by atoms with Crippen LogP contribution in [0.4, 0.5) is 5.69 Å². The molecule has 17 heavy (non-hydrogen) atoms. The molecular weight excluding hydrogens is 232 g/mol. The summed E-state index contributed by atoms with van der Waals surface area (Å²) in [5.41, 5.74) is 2.03. The highest BCUT2D eigenvalue weighted by molar-refractivity contribution is 7.99. The van der Waals surface area contributed by atoms with Gasteiger partial charge in [0.25, 0.3) is 0 Å². The maximum atomic E-state index is 11.7. The van der Waals surface area contributed by atoms with Crippen LogP contribution in [0.25, 0.3) is 0 Å².